The molecule has 1 spiro atoms. The lowest BCUT2D eigenvalue weighted by molar-refractivity contribution is -0.135. The molecule has 1 aromatic carbocycles. The van der Waals surface area contributed by atoms with Crippen LogP contribution in [0.25, 0.3) is 0 Å². The second-order valence-corrected chi connectivity index (χ2v) is 11.0. The molecule has 1 N–H and O–H groups in total. The first-order valence-electron chi connectivity index (χ1n) is 13.8. The van der Waals surface area contributed by atoms with Gasteiger partial charge in [0.25, 0.3) is 5.91 Å². The Hall–Kier alpha value is -3.16. The van der Waals surface area contributed by atoms with Gasteiger partial charge in [-0.15, -0.1) is 0 Å². The standard InChI is InChI=1S/C29H39N5O3/c1-22-30-14-10-26(32-22)33-16-5-11-29(12-17-34(18-13-29)27(35)20-23-6-4-7-23)21-37-25-9-3-2-8-24(25)28(36)31-15-19-33/h2-3,8-10,14,23H,4-7,11-13,15-21H2,1H3,(H,31,36). The van der Waals surface area contributed by atoms with Crippen molar-refractivity contribution in [1.82, 2.24) is 20.2 Å². The number of nitrogens with zero attached hydrogens (tertiary/aromatic N) is 4. The highest BCUT2D eigenvalue weighted by Gasteiger charge is 2.37. The molecule has 0 radical (unpaired) electrons. The summed E-state index contributed by atoms with van der Waals surface area (Å²) in [5.41, 5.74) is 0.535. The maximum Gasteiger partial charge on any atom is 0.255 e. The third kappa shape index (κ3) is 6.22. The van der Waals surface area contributed by atoms with Crippen LogP contribution in [-0.2, 0) is 4.79 Å². The highest BCUT2D eigenvalue weighted by molar-refractivity contribution is 5.96. The molecule has 0 atom stereocenters. The van der Waals surface area contributed by atoms with Gasteiger partial charge in [-0.3, -0.25) is 9.59 Å². The molecule has 3 heterocycles. The van der Waals surface area contributed by atoms with Crippen molar-refractivity contribution in [2.24, 2.45) is 11.3 Å². The zero-order valence-corrected chi connectivity index (χ0v) is 22.0. The van der Waals surface area contributed by atoms with E-state index in [2.05, 4.69) is 25.1 Å². The number of anilines is 1. The van der Waals surface area contributed by atoms with Crippen molar-refractivity contribution in [3.05, 3.63) is 47.9 Å². The van der Waals surface area contributed by atoms with Gasteiger partial charge in [-0.1, -0.05) is 18.6 Å². The molecule has 2 aromatic rings. The van der Waals surface area contributed by atoms with Crippen molar-refractivity contribution < 1.29 is 14.3 Å². The Bertz CT molecular complexity index is 1090. The molecular formula is C29H39N5O3. The normalized spacial score (nSPS) is 20.9. The van der Waals surface area contributed by atoms with Crippen LogP contribution in [0, 0.1) is 18.3 Å². The molecular weight excluding hydrogens is 466 g/mol. The van der Waals surface area contributed by atoms with Crippen molar-refractivity contribution in [3.63, 3.8) is 0 Å². The molecule has 3 aliphatic rings. The molecule has 1 aliphatic carbocycles. The fourth-order valence-electron chi connectivity index (χ4n) is 5.79. The summed E-state index contributed by atoms with van der Waals surface area (Å²) in [6.07, 6.45) is 10.00. The Labute approximate surface area is 219 Å². The second-order valence-electron chi connectivity index (χ2n) is 11.0. The fraction of sp³-hybridized carbons (Fsp3) is 0.586. The highest BCUT2D eigenvalue weighted by Crippen LogP contribution is 2.39. The van der Waals surface area contributed by atoms with Gasteiger partial charge in [0.15, 0.2) is 0 Å². The molecule has 1 aromatic heterocycles. The van der Waals surface area contributed by atoms with Crippen molar-refractivity contribution in [2.75, 3.05) is 44.2 Å². The van der Waals surface area contributed by atoms with E-state index in [4.69, 9.17) is 4.74 Å². The predicted molar refractivity (Wildman–Crippen MR) is 143 cm³/mol. The third-order valence-corrected chi connectivity index (χ3v) is 8.42. The number of nitrogens with one attached hydrogen (secondary N) is 1. The average Bonchev–Trinajstić information content (AvgIpc) is 2.89. The minimum atomic E-state index is -0.126. The summed E-state index contributed by atoms with van der Waals surface area (Å²) in [6.45, 7) is 6.04. The maximum atomic E-state index is 13.0. The molecule has 1 saturated carbocycles. The van der Waals surface area contributed by atoms with E-state index in [1.165, 1.54) is 19.3 Å². The summed E-state index contributed by atoms with van der Waals surface area (Å²) in [7, 11) is 0. The zero-order chi connectivity index (χ0) is 25.7. The maximum absolute atomic E-state index is 13.0. The third-order valence-electron chi connectivity index (χ3n) is 8.42. The number of hydrogen-bond donors (Lipinski definition) is 1. The molecule has 198 valence electrons. The number of fused-ring (bicyclic) bond motifs is 1. The van der Waals surface area contributed by atoms with Crippen molar-refractivity contribution in [2.45, 2.75) is 58.3 Å². The summed E-state index contributed by atoms with van der Waals surface area (Å²) in [6, 6.07) is 9.43. The predicted octanol–water partition coefficient (Wildman–Crippen LogP) is 3.99. The lowest BCUT2D eigenvalue weighted by Crippen LogP contribution is -2.46. The van der Waals surface area contributed by atoms with Crippen LogP contribution < -0.4 is 15.0 Å². The highest BCUT2D eigenvalue weighted by atomic mass is 16.5. The summed E-state index contributed by atoms with van der Waals surface area (Å²) >= 11 is 0. The molecule has 8 nitrogen and oxygen atoms in total. The van der Waals surface area contributed by atoms with E-state index in [9.17, 15) is 9.59 Å². The van der Waals surface area contributed by atoms with Crippen LogP contribution in [0.4, 0.5) is 5.82 Å². The van der Waals surface area contributed by atoms with E-state index < -0.39 is 0 Å². The number of aromatic nitrogens is 2. The molecule has 1 saturated heterocycles. The average molecular weight is 506 g/mol. The first-order chi connectivity index (χ1) is 18.0. The summed E-state index contributed by atoms with van der Waals surface area (Å²) in [5.74, 6) is 3.04. The number of aryl methyl sites for hydroxylation is 1. The van der Waals surface area contributed by atoms with Crippen LogP contribution in [-0.4, -0.2) is 66.0 Å². The van der Waals surface area contributed by atoms with Gasteiger partial charge in [0.1, 0.15) is 17.4 Å². The van der Waals surface area contributed by atoms with Crippen molar-refractivity contribution in [3.8, 4) is 5.75 Å². The fourth-order valence-corrected chi connectivity index (χ4v) is 5.79. The van der Waals surface area contributed by atoms with Gasteiger partial charge in [0, 0.05) is 50.8 Å². The number of hydrogen-bond acceptors (Lipinski definition) is 6. The number of likely N-dealkylation sites (tertiary alicyclic amines) is 1. The topological polar surface area (TPSA) is 87.7 Å². The van der Waals surface area contributed by atoms with Crippen LogP contribution in [0.5, 0.6) is 5.75 Å². The molecule has 5 rings (SSSR count). The van der Waals surface area contributed by atoms with E-state index in [1.54, 1.807) is 6.20 Å². The SMILES string of the molecule is Cc1nccc(N2CCCC3(CCN(C(=O)CC4CCC4)CC3)COc3ccccc3C(=O)NCC2)n1. The van der Waals surface area contributed by atoms with Gasteiger partial charge in [-0.25, -0.2) is 9.97 Å². The lowest BCUT2D eigenvalue weighted by atomic mass is 9.75. The Morgan fingerprint density at radius 1 is 1.08 bits per heavy atom. The Kier molecular flexibility index (Phi) is 7.91. The molecule has 2 aliphatic heterocycles. The van der Waals surface area contributed by atoms with Crippen LogP contribution in [0.3, 0.4) is 0 Å². The van der Waals surface area contributed by atoms with Crippen molar-refractivity contribution in [1.29, 1.82) is 0 Å². The second kappa shape index (κ2) is 11.5. The number of benzene rings is 1. The van der Waals surface area contributed by atoms with E-state index in [1.807, 2.05) is 37.3 Å². The van der Waals surface area contributed by atoms with Gasteiger partial charge in [-0.05, 0) is 69.6 Å². The molecule has 2 amide bonds. The molecule has 8 heteroatoms. The summed E-state index contributed by atoms with van der Waals surface area (Å²) < 4.78 is 6.38. The monoisotopic (exact) mass is 505 g/mol. The van der Waals surface area contributed by atoms with Gasteiger partial charge >= 0.3 is 0 Å². The number of ether oxygens (including phenoxy) is 1. The number of carbonyl (C=O) groups is 2. The van der Waals surface area contributed by atoms with Crippen LogP contribution in [0.1, 0.15) is 67.5 Å². The van der Waals surface area contributed by atoms with E-state index >= 15 is 0 Å². The number of carbonyl (C=O) groups excluding carboxylic acids is 2. The van der Waals surface area contributed by atoms with E-state index in [0.29, 0.717) is 49.3 Å². The zero-order valence-electron chi connectivity index (χ0n) is 22.0. The summed E-state index contributed by atoms with van der Waals surface area (Å²) in [4.78, 5) is 39.1. The number of rotatable bonds is 3. The number of para-hydroxylation sites is 1. The largest absolute Gasteiger partial charge is 0.492 e. The van der Waals surface area contributed by atoms with Gasteiger partial charge in [-0.2, -0.15) is 0 Å². The van der Waals surface area contributed by atoms with Gasteiger partial charge < -0.3 is 19.9 Å². The molecule has 0 bridgehead atoms. The number of amides is 2. The Morgan fingerprint density at radius 2 is 1.89 bits per heavy atom. The first-order valence-corrected chi connectivity index (χ1v) is 13.8. The van der Waals surface area contributed by atoms with Crippen LogP contribution in [0.15, 0.2) is 36.5 Å². The van der Waals surface area contributed by atoms with Crippen LogP contribution >= 0.6 is 0 Å². The number of piperidine rings is 1. The minimum Gasteiger partial charge on any atom is -0.492 e. The smallest absolute Gasteiger partial charge is 0.255 e. The van der Waals surface area contributed by atoms with Crippen LogP contribution in [0.2, 0.25) is 0 Å². The van der Waals surface area contributed by atoms with E-state index in [-0.39, 0.29) is 11.3 Å². The van der Waals surface area contributed by atoms with Gasteiger partial charge in [0.2, 0.25) is 5.91 Å². The first kappa shape index (κ1) is 25.5. The molecule has 0 unspecified atom stereocenters. The summed E-state index contributed by atoms with van der Waals surface area (Å²) in [5, 5.41) is 3.06. The lowest BCUT2D eigenvalue weighted by Gasteiger charge is -2.42. The molecule has 2 fully saturated rings. The quantitative estimate of drug-likeness (QED) is 0.679. The Balaban J connectivity index is 1.33. The molecule has 37 heavy (non-hydrogen) atoms. The van der Waals surface area contributed by atoms with Crippen molar-refractivity contribution >= 4 is 17.6 Å². The Morgan fingerprint density at radius 3 is 2.65 bits per heavy atom. The van der Waals surface area contributed by atoms with E-state index in [0.717, 1.165) is 57.0 Å². The minimum absolute atomic E-state index is 0.0296. The van der Waals surface area contributed by atoms with Gasteiger partial charge in [0.05, 0.1) is 12.2 Å².